The second kappa shape index (κ2) is 7.67. The number of aryl methyl sites for hydroxylation is 1. The van der Waals surface area contributed by atoms with Gasteiger partial charge in [0.15, 0.2) is 5.69 Å². The second-order valence-electron chi connectivity index (χ2n) is 5.15. The van der Waals surface area contributed by atoms with E-state index in [9.17, 15) is 9.59 Å². The molecular formula is C14H24N4O2. The van der Waals surface area contributed by atoms with Crippen molar-refractivity contribution in [3.63, 3.8) is 0 Å². The summed E-state index contributed by atoms with van der Waals surface area (Å²) in [6, 6.07) is 0. The molecule has 20 heavy (non-hydrogen) atoms. The van der Waals surface area contributed by atoms with Gasteiger partial charge < -0.3 is 10.6 Å². The Kier molecular flexibility index (Phi) is 6.21. The molecule has 0 aliphatic rings. The van der Waals surface area contributed by atoms with E-state index >= 15 is 0 Å². The Morgan fingerprint density at radius 3 is 2.60 bits per heavy atom. The highest BCUT2D eigenvalue weighted by Gasteiger charge is 2.18. The van der Waals surface area contributed by atoms with Crippen LogP contribution in [0.2, 0.25) is 0 Å². The number of hydrogen-bond acceptors (Lipinski definition) is 3. The highest BCUT2D eigenvalue weighted by atomic mass is 16.2. The van der Waals surface area contributed by atoms with Crippen LogP contribution in [0.5, 0.6) is 0 Å². The van der Waals surface area contributed by atoms with E-state index in [1.54, 1.807) is 10.9 Å². The molecule has 112 valence electrons. The Bertz CT molecular complexity index is 466. The Morgan fingerprint density at radius 1 is 1.35 bits per heavy atom. The normalized spacial score (nSPS) is 10.7. The van der Waals surface area contributed by atoms with Crippen molar-refractivity contribution < 1.29 is 9.59 Å². The lowest BCUT2D eigenvalue weighted by molar-refractivity contribution is -0.116. The second-order valence-corrected chi connectivity index (χ2v) is 5.15. The number of nitrogens with zero attached hydrogens (tertiary/aromatic N) is 2. The van der Waals surface area contributed by atoms with E-state index in [2.05, 4.69) is 15.7 Å². The maximum absolute atomic E-state index is 12.1. The lowest BCUT2D eigenvalue weighted by atomic mass is 10.2. The van der Waals surface area contributed by atoms with Gasteiger partial charge in [-0.15, -0.1) is 0 Å². The molecule has 2 amide bonds. The largest absolute Gasteiger partial charge is 0.350 e. The van der Waals surface area contributed by atoms with Crippen molar-refractivity contribution in [1.82, 2.24) is 15.1 Å². The van der Waals surface area contributed by atoms with Gasteiger partial charge in [-0.3, -0.25) is 14.3 Å². The van der Waals surface area contributed by atoms with Gasteiger partial charge in [0.2, 0.25) is 5.91 Å². The van der Waals surface area contributed by atoms with Crippen molar-refractivity contribution in [2.24, 2.45) is 5.92 Å². The molecule has 0 aliphatic carbocycles. The summed E-state index contributed by atoms with van der Waals surface area (Å²) in [6.07, 6.45) is 2.89. The summed E-state index contributed by atoms with van der Waals surface area (Å²) in [4.78, 5) is 23.8. The molecule has 0 spiro atoms. The standard InChI is InChI=1S/C14H24N4O2/c1-5-7-12(19)16-11-9-18(6-2)17-13(11)14(20)15-8-10(3)4/h9-10H,5-8H2,1-4H3,(H,15,20)(H,16,19). The maximum atomic E-state index is 12.1. The summed E-state index contributed by atoms with van der Waals surface area (Å²) in [5, 5.41) is 9.78. The van der Waals surface area contributed by atoms with E-state index in [1.807, 2.05) is 27.7 Å². The van der Waals surface area contributed by atoms with Gasteiger partial charge in [-0.25, -0.2) is 0 Å². The number of amides is 2. The minimum atomic E-state index is -0.252. The fourth-order valence-corrected chi connectivity index (χ4v) is 1.66. The highest BCUT2D eigenvalue weighted by molar-refractivity contribution is 6.02. The molecule has 0 bridgehead atoms. The smallest absolute Gasteiger partial charge is 0.273 e. The average Bonchev–Trinajstić information content (AvgIpc) is 2.79. The van der Waals surface area contributed by atoms with Gasteiger partial charge in [-0.05, 0) is 19.3 Å². The van der Waals surface area contributed by atoms with Crippen LogP contribution >= 0.6 is 0 Å². The molecule has 1 aromatic rings. The van der Waals surface area contributed by atoms with Crippen LogP contribution in [0.1, 0.15) is 51.0 Å². The minimum Gasteiger partial charge on any atom is -0.350 e. The predicted molar refractivity (Wildman–Crippen MR) is 78.6 cm³/mol. The molecule has 0 unspecified atom stereocenters. The molecule has 1 heterocycles. The number of hydrogen-bond donors (Lipinski definition) is 2. The molecule has 1 rings (SSSR count). The van der Waals surface area contributed by atoms with Crippen LogP contribution in [0.4, 0.5) is 5.69 Å². The number of nitrogens with one attached hydrogen (secondary N) is 2. The van der Waals surface area contributed by atoms with Crippen molar-refractivity contribution in [2.75, 3.05) is 11.9 Å². The first-order valence-electron chi connectivity index (χ1n) is 7.13. The van der Waals surface area contributed by atoms with Crippen LogP contribution in [-0.2, 0) is 11.3 Å². The molecule has 6 nitrogen and oxygen atoms in total. The molecule has 0 radical (unpaired) electrons. The van der Waals surface area contributed by atoms with Gasteiger partial charge in [0.05, 0.1) is 5.69 Å². The number of carbonyl (C=O) groups excluding carboxylic acids is 2. The highest BCUT2D eigenvalue weighted by Crippen LogP contribution is 2.14. The fourth-order valence-electron chi connectivity index (χ4n) is 1.66. The first-order chi connectivity index (χ1) is 9.47. The summed E-state index contributed by atoms with van der Waals surface area (Å²) in [6.45, 7) is 9.14. The van der Waals surface area contributed by atoms with E-state index in [0.717, 1.165) is 6.42 Å². The van der Waals surface area contributed by atoms with Crippen LogP contribution in [0.25, 0.3) is 0 Å². The first kappa shape index (κ1) is 16.2. The summed E-state index contributed by atoms with van der Waals surface area (Å²) >= 11 is 0. The number of carbonyl (C=O) groups is 2. The van der Waals surface area contributed by atoms with Crippen molar-refractivity contribution >= 4 is 17.5 Å². The lowest BCUT2D eigenvalue weighted by Gasteiger charge is -2.07. The molecule has 0 aromatic carbocycles. The van der Waals surface area contributed by atoms with E-state index in [1.165, 1.54) is 0 Å². The third-order valence-corrected chi connectivity index (χ3v) is 2.72. The Morgan fingerprint density at radius 2 is 2.05 bits per heavy atom. The van der Waals surface area contributed by atoms with E-state index in [-0.39, 0.29) is 17.5 Å². The van der Waals surface area contributed by atoms with E-state index < -0.39 is 0 Å². The average molecular weight is 280 g/mol. The number of rotatable bonds is 7. The summed E-state index contributed by atoms with van der Waals surface area (Å²) in [7, 11) is 0. The number of anilines is 1. The molecule has 0 atom stereocenters. The fraction of sp³-hybridized carbons (Fsp3) is 0.643. The minimum absolute atomic E-state index is 0.0962. The first-order valence-corrected chi connectivity index (χ1v) is 7.13. The van der Waals surface area contributed by atoms with Crippen molar-refractivity contribution in [3.05, 3.63) is 11.9 Å². The van der Waals surface area contributed by atoms with E-state index in [4.69, 9.17) is 0 Å². The summed E-state index contributed by atoms with van der Waals surface area (Å²) < 4.78 is 1.64. The zero-order chi connectivity index (χ0) is 15.1. The third kappa shape index (κ3) is 4.68. The van der Waals surface area contributed by atoms with Crippen LogP contribution in [-0.4, -0.2) is 28.1 Å². The van der Waals surface area contributed by atoms with Gasteiger partial charge >= 0.3 is 0 Å². The van der Waals surface area contributed by atoms with Gasteiger partial charge in [0.25, 0.3) is 5.91 Å². The SMILES string of the molecule is CCCC(=O)Nc1cn(CC)nc1C(=O)NCC(C)C. The summed E-state index contributed by atoms with van der Waals surface area (Å²) in [5.41, 5.74) is 0.753. The van der Waals surface area contributed by atoms with Gasteiger partial charge in [0.1, 0.15) is 0 Å². The third-order valence-electron chi connectivity index (χ3n) is 2.72. The molecular weight excluding hydrogens is 256 g/mol. The zero-order valence-electron chi connectivity index (χ0n) is 12.7. The van der Waals surface area contributed by atoms with Crippen LogP contribution in [0, 0.1) is 5.92 Å². The topological polar surface area (TPSA) is 76.0 Å². The molecule has 0 saturated carbocycles. The van der Waals surface area contributed by atoms with Crippen LogP contribution in [0.15, 0.2) is 6.20 Å². The molecule has 2 N–H and O–H groups in total. The number of aromatic nitrogens is 2. The summed E-state index contributed by atoms with van der Waals surface area (Å²) in [5.74, 6) is 0.0177. The molecule has 0 fully saturated rings. The zero-order valence-corrected chi connectivity index (χ0v) is 12.7. The maximum Gasteiger partial charge on any atom is 0.273 e. The van der Waals surface area contributed by atoms with Crippen LogP contribution < -0.4 is 10.6 Å². The Labute approximate surface area is 119 Å². The molecule has 0 saturated heterocycles. The Balaban J connectivity index is 2.84. The Hall–Kier alpha value is -1.85. The van der Waals surface area contributed by atoms with Crippen molar-refractivity contribution in [1.29, 1.82) is 0 Å². The molecule has 1 aromatic heterocycles. The van der Waals surface area contributed by atoms with Crippen LogP contribution in [0.3, 0.4) is 0 Å². The molecule has 0 aliphatic heterocycles. The van der Waals surface area contributed by atoms with Gasteiger partial charge in [-0.2, -0.15) is 5.10 Å². The van der Waals surface area contributed by atoms with E-state index in [0.29, 0.717) is 31.1 Å². The molecule has 6 heteroatoms. The van der Waals surface area contributed by atoms with Crippen molar-refractivity contribution in [3.8, 4) is 0 Å². The lowest BCUT2D eigenvalue weighted by Crippen LogP contribution is -2.28. The van der Waals surface area contributed by atoms with Crippen molar-refractivity contribution in [2.45, 2.75) is 47.1 Å². The van der Waals surface area contributed by atoms with Gasteiger partial charge in [-0.1, -0.05) is 20.8 Å². The quantitative estimate of drug-likeness (QED) is 0.802. The van der Waals surface area contributed by atoms with Gasteiger partial charge in [0, 0.05) is 25.7 Å². The predicted octanol–water partition coefficient (Wildman–Crippen LogP) is 2.03. The monoisotopic (exact) mass is 280 g/mol.